The molecule has 0 spiro atoms. The lowest BCUT2D eigenvalue weighted by Crippen LogP contribution is -2.28. The van der Waals surface area contributed by atoms with E-state index in [0.717, 1.165) is 10.4 Å². The number of nitrogens with zero attached hydrogens (tertiary/aromatic N) is 1. The van der Waals surface area contributed by atoms with Crippen LogP contribution in [0.15, 0.2) is 65.6 Å². The van der Waals surface area contributed by atoms with E-state index in [-0.39, 0.29) is 29.5 Å². The number of rotatable bonds is 6. The molecule has 2 aromatic carbocycles. The molecule has 0 bridgehead atoms. The number of ether oxygens (including phenoxy) is 1. The average molecular weight is 464 g/mol. The van der Waals surface area contributed by atoms with Crippen LogP contribution in [0.25, 0.3) is 5.76 Å². The second kappa shape index (κ2) is 9.11. The zero-order valence-corrected chi connectivity index (χ0v) is 19.4. The number of amides is 1. The van der Waals surface area contributed by atoms with Crippen molar-refractivity contribution in [1.29, 1.82) is 0 Å². The summed E-state index contributed by atoms with van der Waals surface area (Å²) in [5.41, 5.74) is 1.98. The molecule has 0 aliphatic carbocycles. The van der Waals surface area contributed by atoms with Gasteiger partial charge in [-0.1, -0.05) is 32.0 Å². The van der Waals surface area contributed by atoms with Crippen molar-refractivity contribution in [3.8, 4) is 11.5 Å². The third-order valence-electron chi connectivity index (χ3n) is 5.78. The van der Waals surface area contributed by atoms with Crippen molar-refractivity contribution in [2.24, 2.45) is 0 Å². The summed E-state index contributed by atoms with van der Waals surface area (Å²) in [6, 6.07) is 14.6. The molecule has 0 saturated carbocycles. The van der Waals surface area contributed by atoms with Crippen molar-refractivity contribution in [2.45, 2.75) is 32.4 Å². The lowest BCUT2D eigenvalue weighted by Gasteiger charge is -2.25. The second-order valence-corrected chi connectivity index (χ2v) is 9.24. The molecule has 2 heterocycles. The van der Waals surface area contributed by atoms with Gasteiger partial charge in [0.15, 0.2) is 0 Å². The molecule has 1 aliphatic heterocycles. The number of aliphatic hydroxyl groups is 1. The van der Waals surface area contributed by atoms with Crippen LogP contribution in [0.1, 0.15) is 47.4 Å². The van der Waals surface area contributed by atoms with E-state index in [1.807, 2.05) is 31.4 Å². The van der Waals surface area contributed by atoms with Gasteiger partial charge in [-0.05, 0) is 58.8 Å². The van der Waals surface area contributed by atoms with E-state index < -0.39 is 17.7 Å². The van der Waals surface area contributed by atoms with Crippen molar-refractivity contribution in [1.82, 2.24) is 4.90 Å². The van der Waals surface area contributed by atoms with E-state index in [2.05, 4.69) is 0 Å². The summed E-state index contributed by atoms with van der Waals surface area (Å²) < 4.78 is 5.43. The van der Waals surface area contributed by atoms with Gasteiger partial charge in [0.25, 0.3) is 11.7 Å². The molecule has 6 nitrogen and oxygen atoms in total. The molecule has 1 fully saturated rings. The number of methoxy groups -OCH3 is 1. The highest BCUT2D eigenvalue weighted by Crippen LogP contribution is 2.41. The Morgan fingerprint density at radius 1 is 1.12 bits per heavy atom. The first-order valence-electron chi connectivity index (χ1n) is 10.6. The number of aromatic hydroxyl groups is 1. The fourth-order valence-corrected chi connectivity index (χ4v) is 4.81. The van der Waals surface area contributed by atoms with Crippen molar-refractivity contribution in [2.75, 3.05) is 7.11 Å². The largest absolute Gasteiger partial charge is 0.508 e. The SMILES string of the molecule is COc1ccc(/C(O)=C2/C(=O)C(=O)N(Cc3cccs3)C2c2ccc(O)cc2)cc1C(C)C. The second-order valence-electron chi connectivity index (χ2n) is 8.21. The van der Waals surface area contributed by atoms with Crippen LogP contribution in [0.4, 0.5) is 0 Å². The number of likely N-dealkylation sites (tertiary alicyclic amines) is 1. The van der Waals surface area contributed by atoms with Gasteiger partial charge < -0.3 is 19.8 Å². The lowest BCUT2D eigenvalue weighted by atomic mass is 9.93. The number of Topliss-reactive ketones (excluding diaryl/α,β-unsaturated/α-hetero) is 1. The molecular formula is C26H25NO5S. The monoisotopic (exact) mass is 463 g/mol. The maximum atomic E-state index is 13.2. The number of phenols is 1. The molecule has 3 aromatic rings. The molecule has 1 aromatic heterocycles. The fourth-order valence-electron chi connectivity index (χ4n) is 4.11. The normalized spacial score (nSPS) is 17.7. The van der Waals surface area contributed by atoms with Crippen LogP contribution in [-0.2, 0) is 16.1 Å². The highest BCUT2D eigenvalue weighted by atomic mass is 32.1. The number of carbonyl (C=O) groups excluding carboxylic acids is 2. The van der Waals surface area contributed by atoms with Gasteiger partial charge in [-0.2, -0.15) is 0 Å². The summed E-state index contributed by atoms with van der Waals surface area (Å²) >= 11 is 1.49. The van der Waals surface area contributed by atoms with E-state index in [1.54, 1.807) is 37.4 Å². The molecule has 1 atom stereocenters. The number of carbonyl (C=O) groups is 2. The summed E-state index contributed by atoms with van der Waals surface area (Å²) in [5.74, 6) is -0.739. The fraction of sp³-hybridized carbons (Fsp3) is 0.231. The molecule has 170 valence electrons. The van der Waals surface area contributed by atoms with Gasteiger partial charge >= 0.3 is 0 Å². The standard InChI is InChI=1S/C26H25NO5S/c1-15(2)20-13-17(8-11-21(20)32-3)24(29)22-23(16-6-9-18(28)10-7-16)27(26(31)25(22)30)14-19-5-4-12-33-19/h4-13,15,23,28-29H,14H2,1-3H3/b24-22-. The van der Waals surface area contributed by atoms with Crippen LogP contribution in [0.2, 0.25) is 0 Å². The summed E-state index contributed by atoms with van der Waals surface area (Å²) in [5, 5.41) is 23.0. The number of ketones is 1. The van der Waals surface area contributed by atoms with E-state index in [0.29, 0.717) is 16.9 Å². The van der Waals surface area contributed by atoms with Crippen LogP contribution in [0.3, 0.4) is 0 Å². The molecule has 2 N–H and O–H groups in total. The number of phenolic OH excluding ortho intramolecular Hbond substituents is 1. The third kappa shape index (κ3) is 4.24. The predicted octanol–water partition coefficient (Wildman–Crippen LogP) is 5.21. The van der Waals surface area contributed by atoms with E-state index in [4.69, 9.17) is 4.74 Å². The molecule has 1 aliphatic rings. The van der Waals surface area contributed by atoms with E-state index in [9.17, 15) is 19.8 Å². The number of hydrogen-bond donors (Lipinski definition) is 2. The Hall–Kier alpha value is -3.58. The molecule has 1 unspecified atom stereocenters. The van der Waals surface area contributed by atoms with Gasteiger partial charge in [0, 0.05) is 10.4 Å². The molecule has 7 heteroatoms. The molecule has 4 rings (SSSR count). The summed E-state index contributed by atoms with van der Waals surface area (Å²) in [4.78, 5) is 28.6. The van der Waals surface area contributed by atoms with Gasteiger partial charge in [-0.3, -0.25) is 9.59 Å². The first kappa shape index (κ1) is 22.6. The Morgan fingerprint density at radius 2 is 1.85 bits per heavy atom. The Bertz CT molecular complexity index is 1210. The number of hydrogen-bond acceptors (Lipinski definition) is 6. The quantitative estimate of drug-likeness (QED) is 0.298. The average Bonchev–Trinajstić information content (AvgIpc) is 3.41. The van der Waals surface area contributed by atoms with E-state index >= 15 is 0 Å². The summed E-state index contributed by atoms with van der Waals surface area (Å²) in [7, 11) is 1.58. The van der Waals surface area contributed by atoms with Crippen molar-refractivity contribution in [3.63, 3.8) is 0 Å². The molecule has 1 saturated heterocycles. The topological polar surface area (TPSA) is 87.1 Å². The zero-order chi connectivity index (χ0) is 23.7. The van der Waals surface area contributed by atoms with Crippen molar-refractivity contribution < 1.29 is 24.5 Å². The zero-order valence-electron chi connectivity index (χ0n) is 18.6. The van der Waals surface area contributed by atoms with Gasteiger partial charge in [0.05, 0.1) is 25.3 Å². The van der Waals surface area contributed by atoms with Gasteiger partial charge in [0.1, 0.15) is 17.3 Å². The van der Waals surface area contributed by atoms with Crippen LogP contribution >= 0.6 is 11.3 Å². The van der Waals surface area contributed by atoms with Crippen LogP contribution in [0.5, 0.6) is 11.5 Å². The minimum absolute atomic E-state index is 0.0297. The Balaban J connectivity index is 1.87. The first-order valence-corrected chi connectivity index (χ1v) is 11.5. The highest BCUT2D eigenvalue weighted by molar-refractivity contribution is 7.09. The highest BCUT2D eigenvalue weighted by Gasteiger charge is 2.46. The van der Waals surface area contributed by atoms with Gasteiger partial charge in [0.2, 0.25) is 0 Å². The number of benzene rings is 2. The summed E-state index contributed by atoms with van der Waals surface area (Å²) in [6.07, 6.45) is 0. The molecule has 1 amide bonds. The molecule has 0 radical (unpaired) electrons. The number of thiophene rings is 1. The Morgan fingerprint density at radius 3 is 2.45 bits per heavy atom. The Labute approximate surface area is 196 Å². The smallest absolute Gasteiger partial charge is 0.295 e. The van der Waals surface area contributed by atoms with E-state index in [1.165, 1.54) is 28.4 Å². The predicted molar refractivity (Wildman–Crippen MR) is 127 cm³/mol. The van der Waals surface area contributed by atoms with Crippen LogP contribution < -0.4 is 4.74 Å². The number of aliphatic hydroxyl groups excluding tert-OH is 1. The first-order chi connectivity index (χ1) is 15.8. The maximum absolute atomic E-state index is 13.2. The van der Waals surface area contributed by atoms with Crippen LogP contribution in [-0.4, -0.2) is 33.9 Å². The van der Waals surface area contributed by atoms with Crippen molar-refractivity contribution >= 4 is 28.8 Å². The summed E-state index contributed by atoms with van der Waals surface area (Å²) in [6.45, 7) is 4.26. The third-order valence-corrected chi connectivity index (χ3v) is 6.64. The Kier molecular flexibility index (Phi) is 6.24. The minimum Gasteiger partial charge on any atom is -0.508 e. The minimum atomic E-state index is -0.780. The molecule has 33 heavy (non-hydrogen) atoms. The van der Waals surface area contributed by atoms with Crippen LogP contribution in [0, 0.1) is 0 Å². The van der Waals surface area contributed by atoms with Gasteiger partial charge in [-0.15, -0.1) is 11.3 Å². The van der Waals surface area contributed by atoms with Gasteiger partial charge in [-0.25, -0.2) is 0 Å². The maximum Gasteiger partial charge on any atom is 0.295 e. The molecular weight excluding hydrogens is 438 g/mol. The lowest BCUT2D eigenvalue weighted by molar-refractivity contribution is -0.140. The van der Waals surface area contributed by atoms with Crippen molar-refractivity contribution in [3.05, 3.63) is 87.1 Å².